The molecule has 4 rings (SSSR count). The van der Waals surface area contributed by atoms with E-state index in [1.54, 1.807) is 0 Å². The summed E-state index contributed by atoms with van der Waals surface area (Å²) < 4.78 is 13.0. The van der Waals surface area contributed by atoms with E-state index in [-0.39, 0.29) is 0 Å². The molecule has 0 saturated carbocycles. The van der Waals surface area contributed by atoms with E-state index in [0.717, 1.165) is 54.6 Å². The van der Waals surface area contributed by atoms with Gasteiger partial charge in [0.05, 0.1) is 23.9 Å². The Hall–Kier alpha value is -3.22. The van der Waals surface area contributed by atoms with Gasteiger partial charge < -0.3 is 24.7 Å². The fraction of sp³-hybridized carbons (Fsp3) is 0.333. The van der Waals surface area contributed by atoms with E-state index in [9.17, 15) is 0 Å². The second kappa shape index (κ2) is 8.65. The second-order valence-electron chi connectivity index (χ2n) is 6.59. The second-order valence-corrected chi connectivity index (χ2v) is 6.59. The predicted octanol–water partition coefficient (Wildman–Crippen LogP) is 2.91. The highest BCUT2D eigenvalue weighted by Crippen LogP contribution is 2.32. The van der Waals surface area contributed by atoms with Crippen LogP contribution in [0.5, 0.6) is 11.5 Å². The Bertz CT molecular complexity index is 966. The Morgan fingerprint density at radius 3 is 2.96 bits per heavy atom. The molecule has 3 aromatic rings. The van der Waals surface area contributed by atoms with E-state index in [2.05, 4.69) is 38.2 Å². The van der Waals surface area contributed by atoms with Crippen molar-refractivity contribution in [2.75, 3.05) is 19.9 Å². The zero-order valence-electron chi connectivity index (χ0n) is 16.0. The highest BCUT2D eigenvalue weighted by atomic mass is 16.7. The number of guanidine groups is 1. The van der Waals surface area contributed by atoms with Crippen LogP contribution < -0.4 is 20.1 Å². The third-order valence-corrected chi connectivity index (χ3v) is 4.60. The van der Waals surface area contributed by atoms with Gasteiger partial charge in [0.1, 0.15) is 0 Å². The summed E-state index contributed by atoms with van der Waals surface area (Å²) in [7, 11) is 0. The molecule has 2 aromatic carbocycles. The molecule has 0 unspecified atom stereocenters. The third kappa shape index (κ3) is 4.19. The lowest BCUT2D eigenvalue weighted by atomic mass is 10.2. The van der Waals surface area contributed by atoms with Crippen LogP contribution in [0.2, 0.25) is 0 Å². The molecule has 0 saturated heterocycles. The monoisotopic (exact) mass is 379 g/mol. The Morgan fingerprint density at radius 1 is 1.14 bits per heavy atom. The number of nitrogens with zero attached hydrogens (tertiary/aromatic N) is 3. The number of ether oxygens (including phenoxy) is 2. The number of aryl methyl sites for hydroxylation is 1. The number of rotatable bonds is 7. The highest BCUT2D eigenvalue weighted by molar-refractivity contribution is 5.79. The van der Waals surface area contributed by atoms with Crippen LogP contribution in [0, 0.1) is 0 Å². The molecule has 1 aromatic heterocycles. The average molecular weight is 379 g/mol. The molecule has 2 heterocycles. The molecule has 28 heavy (non-hydrogen) atoms. The first-order valence-corrected chi connectivity index (χ1v) is 9.64. The van der Waals surface area contributed by atoms with Crippen LogP contribution in [0.4, 0.5) is 0 Å². The number of aliphatic imine (C=N–C) groups is 1. The molecule has 0 atom stereocenters. The van der Waals surface area contributed by atoms with E-state index in [1.165, 1.54) is 5.52 Å². The summed E-state index contributed by atoms with van der Waals surface area (Å²) in [6.45, 7) is 5.50. The highest BCUT2D eigenvalue weighted by Gasteiger charge is 2.13. The van der Waals surface area contributed by atoms with Gasteiger partial charge >= 0.3 is 0 Å². The first-order chi connectivity index (χ1) is 13.8. The zero-order valence-corrected chi connectivity index (χ0v) is 16.0. The SMILES string of the molecule is CCNC(=NCc1ccc2c(c1)OCO2)NCCCn1cnc2ccccc21. The molecular weight excluding hydrogens is 354 g/mol. The van der Waals surface area contributed by atoms with Crippen molar-refractivity contribution in [3.63, 3.8) is 0 Å². The lowest BCUT2D eigenvalue weighted by molar-refractivity contribution is 0.174. The van der Waals surface area contributed by atoms with Gasteiger partial charge in [-0.2, -0.15) is 0 Å². The molecular formula is C21H25N5O2. The summed E-state index contributed by atoms with van der Waals surface area (Å²) in [6.07, 6.45) is 2.89. The van der Waals surface area contributed by atoms with Crippen LogP contribution in [-0.2, 0) is 13.1 Å². The molecule has 1 aliphatic rings. The maximum absolute atomic E-state index is 5.43. The van der Waals surface area contributed by atoms with E-state index in [1.807, 2.05) is 42.7 Å². The maximum Gasteiger partial charge on any atom is 0.231 e. The molecule has 0 radical (unpaired) electrons. The molecule has 0 bridgehead atoms. The van der Waals surface area contributed by atoms with Crippen molar-refractivity contribution in [1.29, 1.82) is 0 Å². The number of aromatic nitrogens is 2. The number of hydrogen-bond donors (Lipinski definition) is 2. The molecule has 1 aliphatic heterocycles. The Balaban J connectivity index is 1.30. The molecule has 0 amide bonds. The fourth-order valence-electron chi connectivity index (χ4n) is 3.20. The number of nitrogens with one attached hydrogen (secondary N) is 2. The van der Waals surface area contributed by atoms with E-state index >= 15 is 0 Å². The summed E-state index contributed by atoms with van der Waals surface area (Å²) >= 11 is 0. The minimum atomic E-state index is 0.290. The van der Waals surface area contributed by atoms with E-state index in [4.69, 9.17) is 9.47 Å². The number of hydrogen-bond acceptors (Lipinski definition) is 4. The van der Waals surface area contributed by atoms with Crippen molar-refractivity contribution in [2.45, 2.75) is 26.4 Å². The van der Waals surface area contributed by atoms with Gasteiger partial charge in [0.15, 0.2) is 17.5 Å². The maximum atomic E-state index is 5.43. The van der Waals surface area contributed by atoms with E-state index in [0.29, 0.717) is 13.3 Å². The minimum absolute atomic E-state index is 0.290. The Labute approximate surface area is 164 Å². The molecule has 0 aliphatic carbocycles. The van der Waals surface area contributed by atoms with Gasteiger partial charge in [-0.1, -0.05) is 18.2 Å². The summed E-state index contributed by atoms with van der Waals surface area (Å²) in [5.74, 6) is 2.40. The molecule has 2 N–H and O–H groups in total. The van der Waals surface area contributed by atoms with Crippen molar-refractivity contribution in [3.8, 4) is 11.5 Å². The van der Waals surface area contributed by atoms with Crippen LogP contribution >= 0.6 is 0 Å². The van der Waals surface area contributed by atoms with Crippen LogP contribution in [0.3, 0.4) is 0 Å². The van der Waals surface area contributed by atoms with Crippen LogP contribution in [0.25, 0.3) is 11.0 Å². The smallest absolute Gasteiger partial charge is 0.231 e. The summed E-state index contributed by atoms with van der Waals surface area (Å²) in [4.78, 5) is 9.11. The Morgan fingerprint density at radius 2 is 2.04 bits per heavy atom. The summed E-state index contributed by atoms with van der Waals surface area (Å²) in [5.41, 5.74) is 3.30. The van der Waals surface area contributed by atoms with Crippen molar-refractivity contribution >= 4 is 17.0 Å². The summed E-state index contributed by atoms with van der Waals surface area (Å²) in [6, 6.07) is 14.1. The fourth-order valence-corrected chi connectivity index (χ4v) is 3.20. The van der Waals surface area contributed by atoms with Gasteiger partial charge in [0, 0.05) is 19.6 Å². The quantitative estimate of drug-likeness (QED) is 0.375. The molecule has 146 valence electrons. The van der Waals surface area contributed by atoms with Gasteiger partial charge in [-0.3, -0.25) is 0 Å². The summed E-state index contributed by atoms with van der Waals surface area (Å²) in [5, 5.41) is 6.70. The van der Waals surface area contributed by atoms with Crippen LogP contribution in [0.15, 0.2) is 53.8 Å². The van der Waals surface area contributed by atoms with Gasteiger partial charge in [0.25, 0.3) is 0 Å². The lowest BCUT2D eigenvalue weighted by Gasteiger charge is -2.12. The van der Waals surface area contributed by atoms with Crippen molar-refractivity contribution in [1.82, 2.24) is 20.2 Å². The van der Waals surface area contributed by atoms with E-state index < -0.39 is 0 Å². The normalized spacial score (nSPS) is 13.1. The number of fused-ring (bicyclic) bond motifs is 2. The lowest BCUT2D eigenvalue weighted by Crippen LogP contribution is -2.38. The third-order valence-electron chi connectivity index (χ3n) is 4.60. The van der Waals surface area contributed by atoms with Gasteiger partial charge in [-0.25, -0.2) is 9.98 Å². The molecule has 7 heteroatoms. The number of imidazole rings is 1. The van der Waals surface area contributed by atoms with Crippen LogP contribution in [0.1, 0.15) is 18.9 Å². The van der Waals surface area contributed by atoms with Gasteiger partial charge in [-0.15, -0.1) is 0 Å². The Kier molecular flexibility index (Phi) is 5.61. The number of para-hydroxylation sites is 2. The molecule has 7 nitrogen and oxygen atoms in total. The van der Waals surface area contributed by atoms with Crippen molar-refractivity contribution in [3.05, 3.63) is 54.4 Å². The topological polar surface area (TPSA) is 72.7 Å². The van der Waals surface area contributed by atoms with Gasteiger partial charge in [-0.05, 0) is 43.2 Å². The molecule has 0 fully saturated rings. The standard InChI is InChI=1S/C21H25N5O2/c1-2-22-21(24-13-16-8-9-19-20(12-16)28-15-27-19)23-10-5-11-26-14-25-17-6-3-4-7-18(17)26/h3-4,6-9,12,14H,2,5,10-11,13,15H2,1H3,(H2,22,23,24). The van der Waals surface area contributed by atoms with Crippen molar-refractivity contribution < 1.29 is 9.47 Å². The first kappa shape index (κ1) is 18.2. The van der Waals surface area contributed by atoms with Crippen molar-refractivity contribution in [2.24, 2.45) is 4.99 Å². The number of benzene rings is 2. The molecule has 0 spiro atoms. The first-order valence-electron chi connectivity index (χ1n) is 9.64. The zero-order chi connectivity index (χ0) is 19.2. The predicted molar refractivity (Wildman–Crippen MR) is 110 cm³/mol. The van der Waals surface area contributed by atoms with Gasteiger partial charge in [0.2, 0.25) is 6.79 Å². The average Bonchev–Trinajstić information content (AvgIpc) is 3.35. The van der Waals surface area contributed by atoms with Crippen LogP contribution in [-0.4, -0.2) is 35.4 Å². The minimum Gasteiger partial charge on any atom is -0.454 e. The largest absolute Gasteiger partial charge is 0.454 e.